The zero-order valence-electron chi connectivity index (χ0n) is 14.4. The first kappa shape index (κ1) is 18.1. The number of ether oxygens (including phenoxy) is 2. The van der Waals surface area contributed by atoms with Gasteiger partial charge in [0.05, 0.1) is 6.54 Å². The molecule has 7 nitrogen and oxygen atoms in total. The first-order valence-corrected chi connectivity index (χ1v) is 8.16. The summed E-state index contributed by atoms with van der Waals surface area (Å²) in [5.74, 6) is 1.48. The van der Waals surface area contributed by atoms with Gasteiger partial charge in [-0.1, -0.05) is 26.8 Å². The molecule has 132 valence electrons. The highest BCUT2D eigenvalue weighted by molar-refractivity contribution is 5.95. The summed E-state index contributed by atoms with van der Waals surface area (Å²) in [6.07, 6.45) is 0. The number of benzene rings is 1. The average molecular weight is 335 g/mol. The molecule has 0 aliphatic carbocycles. The van der Waals surface area contributed by atoms with Crippen LogP contribution in [-0.2, 0) is 11.3 Å². The van der Waals surface area contributed by atoms with Gasteiger partial charge in [-0.05, 0) is 30.2 Å². The fourth-order valence-corrected chi connectivity index (χ4v) is 2.29. The Labute approximate surface area is 142 Å². The second-order valence-electron chi connectivity index (χ2n) is 6.14. The smallest absolute Gasteiger partial charge is 0.321 e. The van der Waals surface area contributed by atoms with Crippen molar-refractivity contribution in [2.45, 2.75) is 27.3 Å². The summed E-state index contributed by atoms with van der Waals surface area (Å²) in [4.78, 5) is 25.6. The Hall–Kier alpha value is -2.28. The lowest BCUT2D eigenvalue weighted by Gasteiger charge is -2.20. The van der Waals surface area contributed by atoms with Gasteiger partial charge in [-0.3, -0.25) is 15.0 Å². The number of imide groups is 1. The number of fused-ring (bicyclic) bond motifs is 1. The molecule has 2 rings (SSSR count). The number of nitrogens with one attached hydrogen (secondary N) is 2. The molecular weight excluding hydrogens is 310 g/mol. The zero-order valence-corrected chi connectivity index (χ0v) is 14.4. The van der Waals surface area contributed by atoms with Crippen LogP contribution in [0, 0.1) is 5.92 Å². The molecule has 0 bridgehead atoms. The van der Waals surface area contributed by atoms with E-state index in [0.29, 0.717) is 25.6 Å². The molecule has 0 fully saturated rings. The van der Waals surface area contributed by atoms with Gasteiger partial charge in [-0.15, -0.1) is 0 Å². The predicted octanol–water partition coefficient (Wildman–Crippen LogP) is 1.72. The molecule has 1 aliphatic heterocycles. The Bertz CT molecular complexity index is 589. The van der Waals surface area contributed by atoms with Crippen LogP contribution in [0.3, 0.4) is 0 Å². The van der Waals surface area contributed by atoms with E-state index in [1.54, 1.807) is 0 Å². The second kappa shape index (κ2) is 8.54. The van der Waals surface area contributed by atoms with Gasteiger partial charge in [0.15, 0.2) is 11.5 Å². The van der Waals surface area contributed by atoms with Crippen molar-refractivity contribution in [2.75, 3.05) is 26.4 Å². The normalized spacial score (nSPS) is 12.5. The van der Waals surface area contributed by atoms with Gasteiger partial charge in [0.1, 0.15) is 0 Å². The molecule has 0 saturated heterocycles. The van der Waals surface area contributed by atoms with Gasteiger partial charge >= 0.3 is 6.03 Å². The molecule has 1 aliphatic rings. The van der Waals surface area contributed by atoms with Crippen LogP contribution in [-0.4, -0.2) is 43.3 Å². The first-order valence-electron chi connectivity index (χ1n) is 8.16. The number of nitrogens with zero attached hydrogens (tertiary/aromatic N) is 1. The fourth-order valence-electron chi connectivity index (χ4n) is 2.29. The fraction of sp³-hybridized carbons (Fsp3) is 0.529. The molecule has 0 radical (unpaired) electrons. The van der Waals surface area contributed by atoms with E-state index < -0.39 is 6.03 Å². The lowest BCUT2D eigenvalue weighted by molar-refractivity contribution is -0.121. The molecule has 0 aromatic heterocycles. The molecule has 24 heavy (non-hydrogen) atoms. The Kier molecular flexibility index (Phi) is 6.43. The standard InChI is InChI=1S/C17H25N3O4/c1-4-20(10-16(21)19-17(22)18-8-12(2)3)9-13-5-6-14-15(7-13)24-11-23-14/h5-7,12H,4,8-11H2,1-3H3,(H2,18,19,21,22). The quantitative estimate of drug-likeness (QED) is 0.793. The highest BCUT2D eigenvalue weighted by Gasteiger charge is 2.16. The van der Waals surface area contributed by atoms with Crippen LogP contribution in [0.15, 0.2) is 18.2 Å². The summed E-state index contributed by atoms with van der Waals surface area (Å²) >= 11 is 0. The summed E-state index contributed by atoms with van der Waals surface area (Å²) in [6, 6.07) is 5.28. The van der Waals surface area contributed by atoms with Crippen molar-refractivity contribution in [3.63, 3.8) is 0 Å². The number of carbonyl (C=O) groups is 2. The van der Waals surface area contributed by atoms with Crippen LogP contribution in [0.5, 0.6) is 11.5 Å². The van der Waals surface area contributed by atoms with Gasteiger partial charge in [-0.2, -0.15) is 0 Å². The van der Waals surface area contributed by atoms with Gasteiger partial charge in [-0.25, -0.2) is 4.79 Å². The number of urea groups is 1. The van der Waals surface area contributed by atoms with Gasteiger partial charge < -0.3 is 14.8 Å². The summed E-state index contributed by atoms with van der Waals surface area (Å²) in [5, 5.41) is 5.01. The lowest BCUT2D eigenvalue weighted by atomic mass is 10.2. The molecule has 0 atom stereocenters. The van der Waals surface area contributed by atoms with Crippen LogP contribution in [0.25, 0.3) is 0 Å². The second-order valence-corrected chi connectivity index (χ2v) is 6.14. The van der Waals surface area contributed by atoms with Crippen molar-refractivity contribution in [1.29, 1.82) is 0 Å². The van der Waals surface area contributed by atoms with E-state index in [1.807, 2.05) is 43.9 Å². The van der Waals surface area contributed by atoms with E-state index in [1.165, 1.54) is 0 Å². The van der Waals surface area contributed by atoms with Gasteiger partial charge in [0, 0.05) is 13.1 Å². The summed E-state index contributed by atoms with van der Waals surface area (Å²) in [7, 11) is 0. The lowest BCUT2D eigenvalue weighted by Crippen LogP contribution is -2.45. The Morgan fingerprint density at radius 2 is 2.00 bits per heavy atom. The first-order chi connectivity index (χ1) is 11.5. The number of hydrogen-bond acceptors (Lipinski definition) is 5. The van der Waals surface area contributed by atoms with E-state index in [2.05, 4.69) is 10.6 Å². The van der Waals surface area contributed by atoms with Crippen molar-refractivity contribution in [3.05, 3.63) is 23.8 Å². The summed E-state index contributed by atoms with van der Waals surface area (Å²) in [6.45, 7) is 8.17. The zero-order chi connectivity index (χ0) is 17.5. The number of likely N-dealkylation sites (N-methyl/N-ethyl adjacent to an activating group) is 1. The van der Waals surface area contributed by atoms with Crippen LogP contribution >= 0.6 is 0 Å². The predicted molar refractivity (Wildman–Crippen MR) is 89.9 cm³/mol. The monoisotopic (exact) mass is 335 g/mol. The van der Waals surface area contributed by atoms with Gasteiger partial charge in [0.2, 0.25) is 12.7 Å². The largest absolute Gasteiger partial charge is 0.454 e. The van der Waals surface area contributed by atoms with E-state index >= 15 is 0 Å². The highest BCUT2D eigenvalue weighted by Crippen LogP contribution is 2.32. The Morgan fingerprint density at radius 1 is 1.25 bits per heavy atom. The van der Waals surface area contributed by atoms with Crippen LogP contribution < -0.4 is 20.1 Å². The van der Waals surface area contributed by atoms with E-state index in [9.17, 15) is 9.59 Å². The molecule has 1 heterocycles. The molecule has 2 N–H and O–H groups in total. The third-order valence-corrected chi connectivity index (χ3v) is 3.58. The minimum Gasteiger partial charge on any atom is -0.454 e. The number of carbonyl (C=O) groups excluding carboxylic acids is 2. The van der Waals surface area contributed by atoms with Crippen LogP contribution in [0.1, 0.15) is 26.3 Å². The van der Waals surface area contributed by atoms with Crippen molar-refractivity contribution >= 4 is 11.9 Å². The SMILES string of the molecule is CCN(CC(=O)NC(=O)NCC(C)C)Cc1ccc2c(c1)OCO2. The van der Waals surface area contributed by atoms with Crippen LogP contribution in [0.4, 0.5) is 4.79 Å². The Balaban J connectivity index is 1.83. The molecular formula is C17H25N3O4. The number of hydrogen-bond donors (Lipinski definition) is 2. The summed E-state index contributed by atoms with van der Waals surface area (Å²) in [5.41, 5.74) is 1.03. The van der Waals surface area contributed by atoms with E-state index in [4.69, 9.17) is 9.47 Å². The maximum atomic E-state index is 12.0. The minimum absolute atomic E-state index is 0.153. The van der Waals surface area contributed by atoms with E-state index in [-0.39, 0.29) is 19.2 Å². The Morgan fingerprint density at radius 3 is 2.71 bits per heavy atom. The highest BCUT2D eigenvalue weighted by atomic mass is 16.7. The van der Waals surface area contributed by atoms with Crippen molar-refractivity contribution in [3.8, 4) is 11.5 Å². The third kappa shape index (κ3) is 5.42. The van der Waals surface area contributed by atoms with E-state index in [0.717, 1.165) is 17.1 Å². The molecule has 7 heteroatoms. The third-order valence-electron chi connectivity index (χ3n) is 3.58. The van der Waals surface area contributed by atoms with Crippen molar-refractivity contribution < 1.29 is 19.1 Å². The minimum atomic E-state index is -0.451. The molecule has 0 saturated carbocycles. The average Bonchev–Trinajstić information content (AvgIpc) is 2.99. The molecule has 0 unspecified atom stereocenters. The van der Waals surface area contributed by atoms with Crippen molar-refractivity contribution in [1.82, 2.24) is 15.5 Å². The number of amides is 3. The topological polar surface area (TPSA) is 79.9 Å². The maximum absolute atomic E-state index is 12.0. The molecule has 3 amide bonds. The number of rotatable bonds is 7. The molecule has 1 aromatic carbocycles. The van der Waals surface area contributed by atoms with Crippen LogP contribution in [0.2, 0.25) is 0 Å². The maximum Gasteiger partial charge on any atom is 0.321 e. The summed E-state index contributed by atoms with van der Waals surface area (Å²) < 4.78 is 10.6. The van der Waals surface area contributed by atoms with Crippen molar-refractivity contribution in [2.24, 2.45) is 5.92 Å². The molecule has 0 spiro atoms. The molecule has 1 aromatic rings. The van der Waals surface area contributed by atoms with Gasteiger partial charge in [0.25, 0.3) is 0 Å².